The summed E-state index contributed by atoms with van der Waals surface area (Å²) in [7, 11) is 1.26. The van der Waals surface area contributed by atoms with Crippen LogP contribution in [0.25, 0.3) is 33.5 Å². The Labute approximate surface area is 220 Å². The number of nitrogens with zero attached hydrogens (tertiary/aromatic N) is 3. The molecule has 10 heteroatoms. The topological polar surface area (TPSA) is 95.9 Å². The van der Waals surface area contributed by atoms with Gasteiger partial charge in [0.05, 0.1) is 34.3 Å². The van der Waals surface area contributed by atoms with Gasteiger partial charge in [-0.25, -0.2) is 9.78 Å². The van der Waals surface area contributed by atoms with Gasteiger partial charge in [-0.1, -0.05) is 53.5 Å². The minimum absolute atomic E-state index is 0.130. The number of furan rings is 1. The fraction of sp³-hybridized carbons (Fsp3) is 0.111. The molecule has 0 saturated carbocycles. The Morgan fingerprint density at radius 2 is 1.78 bits per heavy atom. The molecule has 37 heavy (non-hydrogen) atoms. The van der Waals surface area contributed by atoms with E-state index >= 15 is 0 Å². The van der Waals surface area contributed by atoms with Crippen LogP contribution in [0.4, 0.5) is 0 Å². The highest BCUT2D eigenvalue weighted by Gasteiger charge is 2.20. The predicted octanol–water partition coefficient (Wildman–Crippen LogP) is 5.94. The second-order valence-electron chi connectivity index (χ2n) is 8.06. The Balaban J connectivity index is 1.59. The van der Waals surface area contributed by atoms with Gasteiger partial charge in [-0.2, -0.15) is 9.78 Å². The number of aromatic nitrogens is 2. The van der Waals surface area contributed by atoms with Crippen molar-refractivity contribution in [1.29, 1.82) is 0 Å². The molecule has 0 unspecified atom stereocenters. The Bertz CT molecular complexity index is 1690. The maximum Gasteiger partial charge on any atom is 0.346 e. The number of rotatable bonds is 6. The van der Waals surface area contributed by atoms with E-state index in [2.05, 4.69) is 14.8 Å². The van der Waals surface area contributed by atoms with Crippen LogP contribution in [0.15, 0.2) is 81.0 Å². The number of hydrogen-bond acceptors (Lipinski definition) is 7. The first-order valence-electron chi connectivity index (χ1n) is 11.1. The molecule has 5 rings (SSSR count). The number of carbonyl (C=O) groups is 1. The van der Waals surface area contributed by atoms with E-state index in [4.69, 9.17) is 32.4 Å². The molecule has 0 amide bonds. The van der Waals surface area contributed by atoms with E-state index < -0.39 is 12.1 Å². The molecule has 0 aliphatic rings. The summed E-state index contributed by atoms with van der Waals surface area (Å²) in [4.78, 5) is 29.8. The Hall–Kier alpha value is -4.14. The number of methoxy groups -OCH3 is 1. The van der Waals surface area contributed by atoms with Crippen LogP contribution in [0.5, 0.6) is 5.75 Å². The van der Waals surface area contributed by atoms with Gasteiger partial charge >= 0.3 is 5.97 Å². The minimum Gasteiger partial charge on any atom is -0.476 e. The number of benzene rings is 3. The highest BCUT2D eigenvalue weighted by Crippen LogP contribution is 2.35. The zero-order chi connectivity index (χ0) is 26.1. The van der Waals surface area contributed by atoms with Crippen molar-refractivity contribution >= 4 is 57.3 Å². The van der Waals surface area contributed by atoms with E-state index in [9.17, 15) is 9.59 Å². The first-order valence-corrected chi connectivity index (χ1v) is 11.9. The molecule has 0 N–H and O–H groups in total. The van der Waals surface area contributed by atoms with E-state index in [0.717, 1.165) is 5.39 Å². The molecule has 8 nitrogen and oxygen atoms in total. The first kappa shape index (κ1) is 24.5. The van der Waals surface area contributed by atoms with Crippen LogP contribution in [0.3, 0.4) is 0 Å². The van der Waals surface area contributed by atoms with Crippen LogP contribution in [0, 0.1) is 0 Å². The van der Waals surface area contributed by atoms with Gasteiger partial charge in [0.25, 0.3) is 5.56 Å². The van der Waals surface area contributed by atoms with Crippen LogP contribution in [-0.4, -0.2) is 35.1 Å². The van der Waals surface area contributed by atoms with Crippen molar-refractivity contribution in [1.82, 2.24) is 9.66 Å². The SMILES string of the molecule is COC(=O)[C@@H](C)Oc1c(Cl)cc(C=Nn2c(-c3cc4ccccc4o3)nc3ccccc3c2=O)cc1Cl. The van der Waals surface area contributed by atoms with E-state index in [1.807, 2.05) is 24.3 Å². The standard InChI is InChI=1S/C27H19Cl2N3O5/c1-15(27(34)35-2)36-24-19(28)11-16(12-20(24)29)14-30-32-25(23-13-17-7-3-6-10-22(17)37-23)31-21-9-5-4-8-18(21)26(32)33/h3-15H,1-2H3/t15-/m1/s1. The van der Waals surface area contributed by atoms with Gasteiger partial charge in [-0.3, -0.25) is 4.79 Å². The smallest absolute Gasteiger partial charge is 0.346 e. The number of hydrogen-bond donors (Lipinski definition) is 0. The largest absolute Gasteiger partial charge is 0.476 e. The molecule has 2 aromatic heterocycles. The van der Waals surface area contributed by atoms with E-state index in [1.54, 1.807) is 42.5 Å². The van der Waals surface area contributed by atoms with Gasteiger partial charge in [0.1, 0.15) is 5.58 Å². The zero-order valence-electron chi connectivity index (χ0n) is 19.6. The second-order valence-corrected chi connectivity index (χ2v) is 8.87. The molecule has 0 fully saturated rings. The van der Waals surface area contributed by atoms with Crippen LogP contribution in [0.1, 0.15) is 12.5 Å². The molecule has 0 spiro atoms. The van der Waals surface area contributed by atoms with Crippen molar-refractivity contribution in [2.24, 2.45) is 5.10 Å². The molecule has 0 aliphatic heterocycles. The first-order chi connectivity index (χ1) is 17.9. The maximum absolute atomic E-state index is 13.4. The molecule has 1 atom stereocenters. The van der Waals surface area contributed by atoms with Gasteiger partial charge in [-0.05, 0) is 48.9 Å². The summed E-state index contributed by atoms with van der Waals surface area (Å²) in [6.07, 6.45) is 0.517. The third-order valence-corrected chi connectivity index (χ3v) is 6.13. The normalized spacial score (nSPS) is 12.3. The number of ether oxygens (including phenoxy) is 2. The van der Waals surface area contributed by atoms with Gasteiger partial charge in [-0.15, -0.1) is 0 Å². The van der Waals surface area contributed by atoms with Crippen molar-refractivity contribution in [2.75, 3.05) is 7.11 Å². The predicted molar refractivity (Wildman–Crippen MR) is 143 cm³/mol. The number of halogens is 2. The number of esters is 1. The van der Waals surface area contributed by atoms with Gasteiger partial charge in [0, 0.05) is 5.39 Å². The van der Waals surface area contributed by atoms with Crippen LogP contribution in [-0.2, 0) is 9.53 Å². The maximum atomic E-state index is 13.4. The highest BCUT2D eigenvalue weighted by molar-refractivity contribution is 6.37. The fourth-order valence-corrected chi connectivity index (χ4v) is 4.36. The van der Waals surface area contributed by atoms with Crippen molar-refractivity contribution in [2.45, 2.75) is 13.0 Å². The second kappa shape index (κ2) is 10.1. The summed E-state index contributed by atoms with van der Waals surface area (Å²) in [5, 5.41) is 5.99. The molecule has 0 aliphatic carbocycles. The number of para-hydroxylation sites is 2. The van der Waals surface area contributed by atoms with Gasteiger partial charge in [0.2, 0.25) is 5.82 Å². The summed E-state index contributed by atoms with van der Waals surface area (Å²) < 4.78 is 17.4. The van der Waals surface area contributed by atoms with Crippen LogP contribution < -0.4 is 10.3 Å². The molecular weight excluding hydrogens is 517 g/mol. The number of fused-ring (bicyclic) bond motifs is 2. The molecule has 2 heterocycles. The quantitative estimate of drug-likeness (QED) is 0.197. The molecule has 186 valence electrons. The van der Waals surface area contributed by atoms with E-state index in [-0.39, 0.29) is 27.2 Å². The minimum atomic E-state index is -0.909. The summed E-state index contributed by atoms with van der Waals surface area (Å²) in [5.41, 5.74) is 1.29. The monoisotopic (exact) mass is 535 g/mol. The molecule has 3 aromatic carbocycles. The lowest BCUT2D eigenvalue weighted by molar-refractivity contribution is -0.147. The van der Waals surface area contributed by atoms with E-state index in [0.29, 0.717) is 27.8 Å². The third-order valence-electron chi connectivity index (χ3n) is 5.57. The van der Waals surface area contributed by atoms with Crippen molar-refractivity contribution in [3.63, 3.8) is 0 Å². The molecule has 0 radical (unpaired) electrons. The van der Waals surface area contributed by atoms with Crippen LogP contribution >= 0.6 is 23.2 Å². The lowest BCUT2D eigenvalue weighted by Crippen LogP contribution is -2.25. The molecule has 0 saturated heterocycles. The van der Waals surface area contributed by atoms with Gasteiger partial charge < -0.3 is 13.9 Å². The zero-order valence-corrected chi connectivity index (χ0v) is 21.2. The summed E-state index contributed by atoms with van der Waals surface area (Å²) in [6, 6.07) is 19.4. The Morgan fingerprint density at radius 3 is 2.51 bits per heavy atom. The Kier molecular flexibility index (Phi) is 6.69. The fourth-order valence-electron chi connectivity index (χ4n) is 3.76. The average Bonchev–Trinajstić information content (AvgIpc) is 3.33. The van der Waals surface area contributed by atoms with Crippen molar-refractivity contribution < 1.29 is 18.7 Å². The molecule has 0 bridgehead atoms. The lowest BCUT2D eigenvalue weighted by Gasteiger charge is -2.15. The Morgan fingerprint density at radius 1 is 1.08 bits per heavy atom. The summed E-state index contributed by atoms with van der Waals surface area (Å²) in [5.74, 6) is 0.183. The lowest BCUT2D eigenvalue weighted by atomic mass is 10.2. The molecule has 5 aromatic rings. The van der Waals surface area contributed by atoms with Crippen molar-refractivity contribution in [3.05, 3.63) is 92.7 Å². The van der Waals surface area contributed by atoms with Gasteiger partial charge in [0.15, 0.2) is 17.6 Å². The highest BCUT2D eigenvalue weighted by atomic mass is 35.5. The van der Waals surface area contributed by atoms with Crippen LogP contribution in [0.2, 0.25) is 10.0 Å². The third kappa shape index (κ3) is 4.81. The summed E-state index contributed by atoms with van der Waals surface area (Å²) in [6.45, 7) is 1.52. The summed E-state index contributed by atoms with van der Waals surface area (Å²) >= 11 is 12.7. The van der Waals surface area contributed by atoms with E-state index in [1.165, 1.54) is 24.9 Å². The number of carbonyl (C=O) groups excluding carboxylic acids is 1. The average molecular weight is 536 g/mol. The van der Waals surface area contributed by atoms with Crippen molar-refractivity contribution in [3.8, 4) is 17.3 Å². The molecular formula is C27H19Cl2N3O5.